The van der Waals surface area contributed by atoms with E-state index in [1.54, 1.807) is 28.8 Å². The highest BCUT2D eigenvalue weighted by atomic mass is 32.2. The van der Waals surface area contributed by atoms with Crippen LogP contribution in [0.2, 0.25) is 0 Å². The van der Waals surface area contributed by atoms with E-state index in [1.165, 1.54) is 18.2 Å². The molecule has 0 aliphatic heterocycles. The molecule has 8 heteroatoms. The third-order valence-corrected chi connectivity index (χ3v) is 4.84. The van der Waals surface area contributed by atoms with Crippen LogP contribution in [-0.2, 0) is 6.54 Å². The molecular formula is C18H14N4O3S. The lowest BCUT2D eigenvalue weighted by Gasteiger charge is -2.12. The van der Waals surface area contributed by atoms with Gasteiger partial charge in [-0.15, -0.1) is 0 Å². The lowest BCUT2D eigenvalue weighted by molar-refractivity contribution is -0.384. The maximum Gasteiger partial charge on any atom is 0.270 e. The van der Waals surface area contributed by atoms with Crippen molar-refractivity contribution >= 4 is 28.4 Å². The van der Waals surface area contributed by atoms with Crippen LogP contribution < -0.4 is 5.56 Å². The first kappa shape index (κ1) is 17.6. The Bertz CT molecular complexity index is 1100. The molecular weight excluding hydrogens is 352 g/mol. The summed E-state index contributed by atoms with van der Waals surface area (Å²) in [6.07, 6.45) is 0.749. The van der Waals surface area contributed by atoms with Crippen molar-refractivity contribution in [2.24, 2.45) is 0 Å². The molecule has 0 radical (unpaired) electrons. The van der Waals surface area contributed by atoms with Crippen molar-refractivity contribution in [3.63, 3.8) is 0 Å². The summed E-state index contributed by atoms with van der Waals surface area (Å²) in [5.41, 5.74) is 0.464. The van der Waals surface area contributed by atoms with Gasteiger partial charge in [-0.3, -0.25) is 19.5 Å². The van der Waals surface area contributed by atoms with E-state index in [-0.39, 0.29) is 16.8 Å². The summed E-state index contributed by atoms with van der Waals surface area (Å²) in [6, 6.07) is 13.1. The fourth-order valence-electron chi connectivity index (χ4n) is 2.55. The number of rotatable bonds is 5. The average molecular weight is 366 g/mol. The maximum absolute atomic E-state index is 12.8. The van der Waals surface area contributed by atoms with Crippen molar-refractivity contribution in [2.75, 3.05) is 0 Å². The molecule has 0 saturated heterocycles. The van der Waals surface area contributed by atoms with Crippen molar-refractivity contribution in [1.82, 2.24) is 9.55 Å². The minimum atomic E-state index is -0.545. The first-order valence-corrected chi connectivity index (χ1v) is 8.72. The Morgan fingerprint density at radius 2 is 2.08 bits per heavy atom. The van der Waals surface area contributed by atoms with Crippen LogP contribution in [0.25, 0.3) is 10.9 Å². The molecule has 7 nitrogen and oxygen atoms in total. The molecule has 1 heterocycles. The standard InChI is InChI=1S/C18H14N4O3S/c1-2-9-21-17(23)14-5-3-4-6-15(14)20-18(21)26-16-8-7-13(22(24)25)10-12(16)11-19/h3-8,10H,2,9H2,1H3. The molecule has 0 atom stereocenters. The zero-order chi connectivity index (χ0) is 18.7. The lowest BCUT2D eigenvalue weighted by Crippen LogP contribution is -2.23. The van der Waals surface area contributed by atoms with Gasteiger partial charge in [0.15, 0.2) is 5.16 Å². The zero-order valence-corrected chi connectivity index (χ0v) is 14.7. The second kappa shape index (κ2) is 7.37. The number of aromatic nitrogens is 2. The number of nitro benzene ring substituents is 1. The Morgan fingerprint density at radius 3 is 2.77 bits per heavy atom. The molecule has 0 spiro atoms. The Balaban J connectivity index is 2.14. The van der Waals surface area contributed by atoms with Gasteiger partial charge in [0.2, 0.25) is 0 Å². The molecule has 1 aromatic heterocycles. The summed E-state index contributed by atoms with van der Waals surface area (Å²) in [5.74, 6) is 0. The SMILES string of the molecule is CCCn1c(Sc2ccc([N+](=O)[O-])cc2C#N)nc2ccccc2c1=O. The lowest BCUT2D eigenvalue weighted by atomic mass is 10.2. The van der Waals surface area contributed by atoms with E-state index >= 15 is 0 Å². The minimum absolute atomic E-state index is 0.139. The molecule has 0 bridgehead atoms. The Kier molecular flexibility index (Phi) is 5.00. The molecule has 130 valence electrons. The van der Waals surface area contributed by atoms with Crippen LogP contribution >= 0.6 is 11.8 Å². The van der Waals surface area contributed by atoms with Crippen molar-refractivity contribution in [3.05, 3.63) is 68.5 Å². The van der Waals surface area contributed by atoms with Gasteiger partial charge in [0.25, 0.3) is 11.2 Å². The van der Waals surface area contributed by atoms with E-state index in [0.717, 1.165) is 18.2 Å². The van der Waals surface area contributed by atoms with Gasteiger partial charge in [-0.1, -0.05) is 30.8 Å². The van der Waals surface area contributed by atoms with Gasteiger partial charge in [-0.05, 0) is 24.6 Å². The Hall–Kier alpha value is -3.18. The first-order chi connectivity index (χ1) is 12.5. The number of benzene rings is 2. The van der Waals surface area contributed by atoms with Gasteiger partial charge in [0.1, 0.15) is 6.07 Å². The average Bonchev–Trinajstić information content (AvgIpc) is 2.65. The number of hydrogen-bond acceptors (Lipinski definition) is 6. The van der Waals surface area contributed by atoms with E-state index in [4.69, 9.17) is 0 Å². The van der Waals surface area contributed by atoms with Gasteiger partial charge in [0, 0.05) is 23.6 Å². The first-order valence-electron chi connectivity index (χ1n) is 7.91. The smallest absolute Gasteiger partial charge is 0.270 e. The summed E-state index contributed by atoms with van der Waals surface area (Å²) in [6.45, 7) is 2.45. The Labute approximate surface area is 153 Å². The molecule has 0 N–H and O–H groups in total. The highest BCUT2D eigenvalue weighted by Gasteiger charge is 2.16. The van der Waals surface area contributed by atoms with Crippen LogP contribution in [0.3, 0.4) is 0 Å². The highest BCUT2D eigenvalue weighted by Crippen LogP contribution is 2.31. The largest absolute Gasteiger partial charge is 0.287 e. The quantitative estimate of drug-likeness (QED) is 0.387. The molecule has 0 fully saturated rings. The Morgan fingerprint density at radius 1 is 1.31 bits per heavy atom. The number of nitro groups is 1. The summed E-state index contributed by atoms with van der Waals surface area (Å²) in [7, 11) is 0. The maximum atomic E-state index is 12.8. The van der Waals surface area contributed by atoms with Crippen molar-refractivity contribution < 1.29 is 4.92 Å². The number of para-hydroxylation sites is 1. The molecule has 0 amide bonds. The molecule has 3 aromatic rings. The third-order valence-electron chi connectivity index (χ3n) is 3.77. The van der Waals surface area contributed by atoms with E-state index in [2.05, 4.69) is 4.98 Å². The number of non-ortho nitro benzene ring substituents is 1. The van der Waals surface area contributed by atoms with Crippen LogP contribution in [-0.4, -0.2) is 14.5 Å². The molecule has 0 aliphatic carbocycles. The van der Waals surface area contributed by atoms with Gasteiger partial charge in [0.05, 0.1) is 21.4 Å². The third kappa shape index (κ3) is 3.30. The fourth-order valence-corrected chi connectivity index (χ4v) is 3.53. The fraction of sp³-hybridized carbons (Fsp3) is 0.167. The van der Waals surface area contributed by atoms with E-state index in [1.807, 2.05) is 13.0 Å². The summed E-state index contributed by atoms with van der Waals surface area (Å²) < 4.78 is 1.58. The number of nitriles is 1. The summed E-state index contributed by atoms with van der Waals surface area (Å²) in [4.78, 5) is 28.2. The zero-order valence-electron chi connectivity index (χ0n) is 13.9. The summed E-state index contributed by atoms with van der Waals surface area (Å²) in [5, 5.41) is 21.2. The molecule has 0 unspecified atom stereocenters. The van der Waals surface area contributed by atoms with E-state index in [9.17, 15) is 20.2 Å². The molecule has 0 saturated carbocycles. The monoisotopic (exact) mass is 366 g/mol. The second-order valence-electron chi connectivity index (χ2n) is 5.52. The van der Waals surface area contributed by atoms with Gasteiger partial charge in [-0.25, -0.2) is 4.98 Å². The topological polar surface area (TPSA) is 102 Å². The summed E-state index contributed by atoms with van der Waals surface area (Å²) >= 11 is 1.16. The van der Waals surface area contributed by atoms with Gasteiger partial charge in [-0.2, -0.15) is 5.26 Å². The van der Waals surface area contributed by atoms with Gasteiger partial charge < -0.3 is 0 Å². The number of fused-ring (bicyclic) bond motifs is 1. The minimum Gasteiger partial charge on any atom is -0.287 e. The van der Waals surface area contributed by atoms with Crippen LogP contribution in [0.4, 0.5) is 5.69 Å². The molecule has 0 aliphatic rings. The predicted octanol–water partition coefficient (Wildman–Crippen LogP) is 3.74. The van der Waals surface area contributed by atoms with Crippen molar-refractivity contribution in [1.29, 1.82) is 5.26 Å². The van der Waals surface area contributed by atoms with E-state index in [0.29, 0.717) is 27.5 Å². The van der Waals surface area contributed by atoms with Crippen molar-refractivity contribution in [3.8, 4) is 6.07 Å². The highest BCUT2D eigenvalue weighted by molar-refractivity contribution is 7.99. The molecule has 2 aromatic carbocycles. The molecule has 3 rings (SSSR count). The van der Waals surface area contributed by atoms with Gasteiger partial charge >= 0.3 is 0 Å². The van der Waals surface area contributed by atoms with Crippen molar-refractivity contribution in [2.45, 2.75) is 29.9 Å². The van der Waals surface area contributed by atoms with Crippen LogP contribution in [0, 0.1) is 21.4 Å². The number of hydrogen-bond donors (Lipinski definition) is 0. The van der Waals surface area contributed by atoms with Crippen LogP contribution in [0.5, 0.6) is 0 Å². The van der Waals surface area contributed by atoms with Crippen LogP contribution in [0.1, 0.15) is 18.9 Å². The predicted molar refractivity (Wildman–Crippen MR) is 98.2 cm³/mol. The number of nitrogens with zero attached hydrogens (tertiary/aromatic N) is 4. The van der Waals surface area contributed by atoms with Crippen LogP contribution in [0.15, 0.2) is 57.3 Å². The second-order valence-corrected chi connectivity index (χ2v) is 6.53. The molecule has 26 heavy (non-hydrogen) atoms. The normalized spacial score (nSPS) is 10.6. The van der Waals surface area contributed by atoms with E-state index < -0.39 is 4.92 Å².